The molecule has 2 aromatic heterocycles. The lowest BCUT2D eigenvalue weighted by molar-refractivity contribution is 0.0971. The van der Waals surface area contributed by atoms with Crippen molar-refractivity contribution in [2.24, 2.45) is 5.73 Å². The third-order valence-corrected chi connectivity index (χ3v) is 3.71. The van der Waals surface area contributed by atoms with Crippen LogP contribution in [-0.4, -0.2) is 33.7 Å². The van der Waals surface area contributed by atoms with Gasteiger partial charge in [0.1, 0.15) is 17.8 Å². The fraction of sp³-hybridized carbons (Fsp3) is 0.200. The van der Waals surface area contributed by atoms with Crippen LogP contribution in [0.15, 0.2) is 39.4 Å². The summed E-state index contributed by atoms with van der Waals surface area (Å²) in [5.74, 6) is 0.154. The molecule has 0 atom stereocenters. The molecule has 0 fully saturated rings. The van der Waals surface area contributed by atoms with E-state index < -0.39 is 5.91 Å². The summed E-state index contributed by atoms with van der Waals surface area (Å²) < 4.78 is 10.3. The van der Waals surface area contributed by atoms with Gasteiger partial charge in [-0.05, 0) is 13.0 Å². The van der Waals surface area contributed by atoms with Crippen molar-refractivity contribution >= 4 is 23.7 Å². The summed E-state index contributed by atoms with van der Waals surface area (Å²) >= 11 is 0. The zero-order valence-electron chi connectivity index (χ0n) is 16.8. The van der Waals surface area contributed by atoms with Gasteiger partial charge in [-0.3, -0.25) is 15.0 Å². The number of nitrogens with one attached hydrogen (secondary N) is 3. The first-order valence-corrected chi connectivity index (χ1v) is 8.85. The zero-order valence-corrected chi connectivity index (χ0v) is 16.8. The number of Topliss-reactive ketones (excluding diaryl/α,β-unsaturated/α-hetero) is 1. The molecule has 2 heterocycles. The van der Waals surface area contributed by atoms with E-state index in [9.17, 15) is 9.59 Å². The molecule has 0 bridgehead atoms. The number of carbonyl (C=O) groups excluding carboxylic acids is 2. The maximum Gasteiger partial charge on any atom is 0.279 e. The van der Waals surface area contributed by atoms with Gasteiger partial charge < -0.3 is 25.3 Å². The van der Waals surface area contributed by atoms with Gasteiger partial charge in [0.15, 0.2) is 23.1 Å². The topological polar surface area (TPSA) is 172 Å². The van der Waals surface area contributed by atoms with E-state index in [0.717, 1.165) is 17.3 Å². The highest BCUT2D eigenvalue weighted by Crippen LogP contribution is 2.25. The van der Waals surface area contributed by atoms with E-state index in [1.54, 1.807) is 6.92 Å². The molecular weight excluding hydrogens is 388 g/mol. The van der Waals surface area contributed by atoms with Crippen molar-refractivity contribution in [3.8, 4) is 11.3 Å². The molecule has 1 aromatic carbocycles. The second-order valence-electron chi connectivity index (χ2n) is 6.18. The quantitative estimate of drug-likeness (QED) is 0.284. The number of benzene rings is 1. The number of carbonyl (C=O) groups is 2. The number of oxazole rings is 2. The molecule has 0 radical (unpaired) electrons. The lowest BCUT2D eigenvalue weighted by Gasteiger charge is -2.03. The predicted molar refractivity (Wildman–Crippen MR) is 110 cm³/mol. The summed E-state index contributed by atoms with van der Waals surface area (Å²) in [6, 6.07) is 7.52. The first kappa shape index (κ1) is 22.4. The van der Waals surface area contributed by atoms with E-state index in [1.165, 1.54) is 13.2 Å². The van der Waals surface area contributed by atoms with Crippen molar-refractivity contribution in [3.63, 3.8) is 0 Å². The van der Waals surface area contributed by atoms with Gasteiger partial charge >= 0.3 is 0 Å². The summed E-state index contributed by atoms with van der Waals surface area (Å²) in [6.07, 6.45) is 2.06. The number of nitrogens with zero attached hydrogens (tertiary/aromatic N) is 2. The Hall–Kier alpha value is -3.92. The number of hydrogen-bond acceptors (Lipinski definition) is 9. The number of aromatic nitrogens is 2. The summed E-state index contributed by atoms with van der Waals surface area (Å²) in [7, 11) is 0. The van der Waals surface area contributed by atoms with Crippen molar-refractivity contribution in [2.45, 2.75) is 27.3 Å². The van der Waals surface area contributed by atoms with Gasteiger partial charge in [-0.2, -0.15) is 0 Å². The van der Waals surface area contributed by atoms with E-state index in [-0.39, 0.29) is 23.9 Å². The lowest BCUT2D eigenvalue weighted by Crippen LogP contribution is -2.31. The number of hydrogen-bond donors (Lipinski definition) is 4. The van der Waals surface area contributed by atoms with Gasteiger partial charge in [-0.1, -0.05) is 23.8 Å². The Morgan fingerprint density at radius 3 is 2.53 bits per heavy atom. The Kier molecular flexibility index (Phi) is 7.48. The minimum absolute atomic E-state index is 0.108. The Balaban J connectivity index is 0.000000269. The standard InChI is InChI=1S/C14H14N4O2.C6H8N2O2/c1-8-4-3-5-10(6-8)13-12(17-9(2)20-13)14(19)18-11(16)7-15;1-4(9)5-3-10-6(2-7)8-5/h3-7,15H,1-2H3,(H2,16,18,19);3H,2,7H2,1H3. The Bertz CT molecular complexity index is 1080. The molecule has 10 heteroatoms. The van der Waals surface area contributed by atoms with Gasteiger partial charge in [0.2, 0.25) is 5.89 Å². The molecule has 0 aliphatic heterocycles. The van der Waals surface area contributed by atoms with E-state index in [0.29, 0.717) is 23.2 Å². The zero-order chi connectivity index (χ0) is 22.3. The third-order valence-electron chi connectivity index (χ3n) is 3.71. The molecule has 3 aromatic rings. The normalized spacial score (nSPS) is 10.0. The molecule has 3 rings (SSSR count). The monoisotopic (exact) mass is 410 g/mol. The fourth-order valence-electron chi connectivity index (χ4n) is 2.35. The second-order valence-corrected chi connectivity index (χ2v) is 6.18. The Morgan fingerprint density at radius 2 is 2.00 bits per heavy atom. The summed E-state index contributed by atoms with van der Waals surface area (Å²) in [4.78, 5) is 30.5. The maximum absolute atomic E-state index is 12.0. The second kappa shape index (κ2) is 10.0. The van der Waals surface area contributed by atoms with Crippen LogP contribution >= 0.6 is 0 Å². The molecule has 0 unspecified atom stereocenters. The molecule has 156 valence electrons. The number of ketones is 1. The average Bonchev–Trinajstić information content (AvgIpc) is 3.35. The Labute approximate surface area is 172 Å². The largest absolute Gasteiger partial charge is 0.447 e. The van der Waals surface area contributed by atoms with Crippen LogP contribution in [-0.2, 0) is 6.54 Å². The van der Waals surface area contributed by atoms with Gasteiger partial charge in [0.25, 0.3) is 5.91 Å². The number of rotatable bonds is 5. The smallest absolute Gasteiger partial charge is 0.279 e. The average molecular weight is 410 g/mol. The highest BCUT2D eigenvalue weighted by molar-refractivity contribution is 6.31. The molecule has 30 heavy (non-hydrogen) atoms. The van der Waals surface area contributed by atoms with Gasteiger partial charge in [0, 0.05) is 19.4 Å². The van der Waals surface area contributed by atoms with Crippen LogP contribution in [0.3, 0.4) is 0 Å². The molecule has 10 nitrogen and oxygen atoms in total. The first-order chi connectivity index (χ1) is 14.2. The number of amidine groups is 1. The maximum atomic E-state index is 12.0. The fourth-order valence-corrected chi connectivity index (χ4v) is 2.35. The van der Waals surface area contributed by atoms with Crippen LogP contribution in [0.5, 0.6) is 0 Å². The molecule has 0 saturated carbocycles. The van der Waals surface area contributed by atoms with Crippen LogP contribution in [0, 0.1) is 24.7 Å². The lowest BCUT2D eigenvalue weighted by atomic mass is 10.1. The van der Waals surface area contributed by atoms with Crippen LogP contribution < -0.4 is 11.1 Å². The van der Waals surface area contributed by atoms with E-state index in [1.807, 2.05) is 31.2 Å². The van der Waals surface area contributed by atoms with Gasteiger partial charge in [-0.25, -0.2) is 9.97 Å². The van der Waals surface area contributed by atoms with E-state index in [4.69, 9.17) is 25.4 Å². The third kappa shape index (κ3) is 5.79. The number of amides is 1. The predicted octanol–water partition coefficient (Wildman–Crippen LogP) is 2.65. The number of aryl methyl sites for hydroxylation is 2. The van der Waals surface area contributed by atoms with Crippen LogP contribution in [0.4, 0.5) is 0 Å². The van der Waals surface area contributed by atoms with Crippen molar-refractivity contribution in [3.05, 3.63) is 59.3 Å². The minimum Gasteiger partial charge on any atom is -0.447 e. The summed E-state index contributed by atoms with van der Waals surface area (Å²) in [6.45, 7) is 5.25. The van der Waals surface area contributed by atoms with Gasteiger partial charge in [0.05, 0.1) is 12.8 Å². The van der Waals surface area contributed by atoms with E-state index >= 15 is 0 Å². The highest BCUT2D eigenvalue weighted by Gasteiger charge is 2.20. The van der Waals surface area contributed by atoms with Crippen molar-refractivity contribution in [2.75, 3.05) is 0 Å². The summed E-state index contributed by atoms with van der Waals surface area (Å²) in [5.41, 5.74) is 7.42. The molecule has 0 aliphatic carbocycles. The van der Waals surface area contributed by atoms with Crippen LogP contribution in [0.2, 0.25) is 0 Å². The molecule has 0 saturated heterocycles. The highest BCUT2D eigenvalue weighted by atomic mass is 16.4. The Morgan fingerprint density at radius 1 is 1.27 bits per heavy atom. The molecule has 5 N–H and O–H groups in total. The van der Waals surface area contributed by atoms with E-state index in [2.05, 4.69) is 15.3 Å². The molecule has 1 amide bonds. The summed E-state index contributed by atoms with van der Waals surface area (Å²) in [5, 5.41) is 16.5. The number of nitrogens with two attached hydrogens (primary N) is 1. The van der Waals surface area contributed by atoms with Crippen molar-refractivity contribution in [1.82, 2.24) is 15.3 Å². The first-order valence-electron chi connectivity index (χ1n) is 8.85. The molecule has 0 spiro atoms. The van der Waals surface area contributed by atoms with Crippen LogP contribution in [0.25, 0.3) is 11.3 Å². The molecular formula is C20H22N6O4. The van der Waals surface area contributed by atoms with Crippen molar-refractivity contribution < 1.29 is 18.4 Å². The SMILES string of the molecule is CC(=O)c1coc(CN)n1.Cc1cccc(-c2oc(C)nc2C(=O)NC(=N)C=N)c1. The van der Waals surface area contributed by atoms with Gasteiger partial charge in [-0.15, -0.1) is 0 Å². The molecule has 0 aliphatic rings. The van der Waals surface area contributed by atoms with Crippen molar-refractivity contribution in [1.29, 1.82) is 10.8 Å². The minimum atomic E-state index is -0.563. The van der Waals surface area contributed by atoms with Crippen LogP contribution in [0.1, 0.15) is 45.2 Å².